The van der Waals surface area contributed by atoms with Crippen molar-refractivity contribution in [2.24, 2.45) is 11.8 Å². The molecule has 4 unspecified atom stereocenters. The molecule has 0 radical (unpaired) electrons. The lowest BCUT2D eigenvalue weighted by Gasteiger charge is -2.41. The molecule has 0 aromatic carbocycles. The molecule has 0 amide bonds. The Balaban J connectivity index is 1.82. The second kappa shape index (κ2) is 7.30. The number of hydrogen-bond acceptors (Lipinski definition) is 4. The molecule has 2 rings (SSSR count). The Morgan fingerprint density at radius 1 is 1.47 bits per heavy atom. The maximum Gasteiger partial charge on any atom is 0.0783 e. The van der Waals surface area contributed by atoms with E-state index in [2.05, 4.69) is 30.9 Å². The van der Waals surface area contributed by atoms with Crippen molar-refractivity contribution in [1.82, 2.24) is 5.32 Å². The lowest BCUT2D eigenvalue weighted by molar-refractivity contribution is -0.0899. The van der Waals surface area contributed by atoms with Gasteiger partial charge in [0.15, 0.2) is 0 Å². The monoisotopic (exact) mass is 287 g/mol. The Hall–Kier alpha value is 0.230. The molecule has 112 valence electrons. The maximum atomic E-state index is 6.12. The molecule has 0 aliphatic carbocycles. The zero-order chi connectivity index (χ0) is 13.7. The summed E-state index contributed by atoms with van der Waals surface area (Å²) < 4.78 is 11.2. The van der Waals surface area contributed by atoms with Crippen molar-refractivity contribution in [2.45, 2.75) is 44.8 Å². The van der Waals surface area contributed by atoms with Gasteiger partial charge in [-0.15, -0.1) is 0 Å². The smallest absolute Gasteiger partial charge is 0.0783 e. The molecular weight excluding hydrogens is 258 g/mol. The van der Waals surface area contributed by atoms with Crippen LogP contribution in [-0.4, -0.2) is 50.0 Å². The molecule has 4 heteroatoms. The van der Waals surface area contributed by atoms with Gasteiger partial charge in [0, 0.05) is 32.1 Å². The van der Waals surface area contributed by atoms with Crippen LogP contribution in [0, 0.1) is 11.8 Å². The second-order valence-corrected chi connectivity index (χ2v) is 7.29. The lowest BCUT2D eigenvalue weighted by Crippen LogP contribution is -2.45. The van der Waals surface area contributed by atoms with Crippen LogP contribution in [0.3, 0.4) is 0 Å². The number of ether oxygens (including phenoxy) is 2. The normalized spacial score (nSPS) is 34.6. The van der Waals surface area contributed by atoms with E-state index in [1.807, 2.05) is 0 Å². The summed E-state index contributed by atoms with van der Waals surface area (Å²) >= 11 is 2.06. The van der Waals surface area contributed by atoms with Crippen molar-refractivity contribution in [3.8, 4) is 0 Å². The van der Waals surface area contributed by atoms with Crippen LogP contribution in [0.4, 0.5) is 0 Å². The quantitative estimate of drug-likeness (QED) is 0.761. The van der Waals surface area contributed by atoms with E-state index in [0.717, 1.165) is 25.7 Å². The number of methoxy groups -OCH3 is 1. The second-order valence-electron chi connectivity index (χ2n) is 6.18. The van der Waals surface area contributed by atoms with Gasteiger partial charge in [-0.25, -0.2) is 0 Å². The van der Waals surface area contributed by atoms with Crippen molar-refractivity contribution in [3.05, 3.63) is 0 Å². The molecule has 19 heavy (non-hydrogen) atoms. The van der Waals surface area contributed by atoms with Gasteiger partial charge in [0.2, 0.25) is 0 Å². The van der Waals surface area contributed by atoms with Crippen LogP contribution < -0.4 is 5.32 Å². The molecule has 3 nitrogen and oxygen atoms in total. The summed E-state index contributed by atoms with van der Waals surface area (Å²) in [6, 6.07) is 0.560. The molecule has 2 heterocycles. The Morgan fingerprint density at radius 3 is 3.00 bits per heavy atom. The predicted molar refractivity (Wildman–Crippen MR) is 81.9 cm³/mol. The van der Waals surface area contributed by atoms with Crippen LogP contribution in [0.2, 0.25) is 0 Å². The van der Waals surface area contributed by atoms with Gasteiger partial charge >= 0.3 is 0 Å². The molecular formula is C15H29NO2S. The van der Waals surface area contributed by atoms with E-state index in [0.29, 0.717) is 12.0 Å². The number of hydrogen-bond donors (Lipinski definition) is 1. The highest BCUT2D eigenvalue weighted by atomic mass is 32.2. The summed E-state index contributed by atoms with van der Waals surface area (Å²) in [6.07, 6.45) is 3.74. The first-order valence-electron chi connectivity index (χ1n) is 7.61. The van der Waals surface area contributed by atoms with Gasteiger partial charge < -0.3 is 14.8 Å². The van der Waals surface area contributed by atoms with Gasteiger partial charge in [-0.3, -0.25) is 0 Å². The third kappa shape index (κ3) is 4.10. The molecule has 0 bridgehead atoms. The summed E-state index contributed by atoms with van der Waals surface area (Å²) in [4.78, 5) is 0. The summed E-state index contributed by atoms with van der Waals surface area (Å²) in [5.74, 6) is 4.01. The first-order chi connectivity index (χ1) is 9.17. The fourth-order valence-electron chi connectivity index (χ4n) is 3.36. The van der Waals surface area contributed by atoms with E-state index in [9.17, 15) is 0 Å². The van der Waals surface area contributed by atoms with Crippen LogP contribution in [-0.2, 0) is 9.47 Å². The molecule has 0 aromatic rings. The van der Waals surface area contributed by atoms with Crippen LogP contribution in [0.5, 0.6) is 0 Å². The molecule has 2 aliphatic heterocycles. The molecule has 4 atom stereocenters. The van der Waals surface area contributed by atoms with E-state index in [1.54, 1.807) is 7.11 Å². The minimum atomic E-state index is 0.216. The van der Waals surface area contributed by atoms with Crippen LogP contribution >= 0.6 is 11.8 Å². The largest absolute Gasteiger partial charge is 0.383 e. The molecule has 1 N–H and O–H groups in total. The Kier molecular flexibility index (Phi) is 6.00. The van der Waals surface area contributed by atoms with Crippen molar-refractivity contribution in [1.29, 1.82) is 0 Å². The lowest BCUT2D eigenvalue weighted by atomic mass is 9.76. The van der Waals surface area contributed by atoms with E-state index in [4.69, 9.17) is 9.47 Å². The van der Waals surface area contributed by atoms with E-state index < -0.39 is 0 Å². The summed E-state index contributed by atoms with van der Waals surface area (Å²) in [5, 5.41) is 3.59. The topological polar surface area (TPSA) is 30.5 Å². The van der Waals surface area contributed by atoms with Gasteiger partial charge in [0.25, 0.3) is 0 Å². The fraction of sp³-hybridized carbons (Fsp3) is 1.00. The highest BCUT2D eigenvalue weighted by Crippen LogP contribution is 2.42. The van der Waals surface area contributed by atoms with Crippen LogP contribution in [0.1, 0.15) is 33.1 Å². The van der Waals surface area contributed by atoms with Gasteiger partial charge in [-0.05, 0) is 43.8 Å². The maximum absolute atomic E-state index is 6.12. The average Bonchev–Trinajstić information content (AvgIpc) is 2.86. The zero-order valence-corrected chi connectivity index (χ0v) is 13.4. The molecule has 2 saturated heterocycles. The van der Waals surface area contributed by atoms with Gasteiger partial charge in [-0.1, -0.05) is 6.92 Å². The van der Waals surface area contributed by atoms with Crippen molar-refractivity contribution >= 4 is 11.8 Å². The summed E-state index contributed by atoms with van der Waals surface area (Å²) in [6.45, 7) is 7.42. The van der Waals surface area contributed by atoms with Crippen LogP contribution in [0.15, 0.2) is 0 Å². The summed E-state index contributed by atoms with van der Waals surface area (Å²) in [7, 11) is 1.76. The van der Waals surface area contributed by atoms with Gasteiger partial charge in [-0.2, -0.15) is 11.8 Å². The Bertz CT molecular complexity index is 269. The standard InChI is InChI=1S/C15H29NO2S/c1-12(13(2)16-6-8-17-3)14-4-7-18-15(10-14)5-9-19-11-15/h12-14,16H,4-11H2,1-3H3. The third-order valence-corrected chi connectivity index (χ3v) is 6.13. The van der Waals surface area contributed by atoms with E-state index >= 15 is 0 Å². The Labute approximate surface area is 122 Å². The third-order valence-electron chi connectivity index (χ3n) is 4.90. The highest BCUT2D eigenvalue weighted by molar-refractivity contribution is 7.99. The molecule has 0 saturated carbocycles. The number of rotatable bonds is 6. The molecule has 0 aromatic heterocycles. The van der Waals surface area contributed by atoms with Gasteiger partial charge in [0.1, 0.15) is 0 Å². The minimum absolute atomic E-state index is 0.216. The minimum Gasteiger partial charge on any atom is -0.383 e. The number of nitrogens with one attached hydrogen (secondary N) is 1. The van der Waals surface area contributed by atoms with Crippen molar-refractivity contribution in [2.75, 3.05) is 38.4 Å². The molecule has 1 spiro atoms. The highest BCUT2D eigenvalue weighted by Gasteiger charge is 2.42. The van der Waals surface area contributed by atoms with Crippen molar-refractivity contribution in [3.63, 3.8) is 0 Å². The van der Waals surface area contributed by atoms with E-state index in [1.165, 1.54) is 30.8 Å². The van der Waals surface area contributed by atoms with Gasteiger partial charge in [0.05, 0.1) is 12.2 Å². The fourth-order valence-corrected chi connectivity index (χ4v) is 4.74. The van der Waals surface area contributed by atoms with Crippen molar-refractivity contribution < 1.29 is 9.47 Å². The van der Waals surface area contributed by atoms with E-state index in [-0.39, 0.29) is 5.60 Å². The molecule has 2 fully saturated rings. The number of thioether (sulfide) groups is 1. The molecule has 2 aliphatic rings. The van der Waals surface area contributed by atoms with Crippen LogP contribution in [0.25, 0.3) is 0 Å². The average molecular weight is 287 g/mol. The SMILES string of the molecule is COCCNC(C)C(C)C1CCOC2(CCSC2)C1. The Morgan fingerprint density at radius 2 is 2.32 bits per heavy atom. The zero-order valence-electron chi connectivity index (χ0n) is 12.6. The summed E-state index contributed by atoms with van der Waals surface area (Å²) in [5.41, 5.74) is 0.216. The predicted octanol–water partition coefficient (Wildman–Crippen LogP) is 2.55. The first kappa shape index (κ1) is 15.6. The first-order valence-corrected chi connectivity index (χ1v) is 8.76.